The Morgan fingerprint density at radius 3 is 2.92 bits per heavy atom. The molecular formula is C17H26N4O2S. The van der Waals surface area contributed by atoms with Crippen LogP contribution < -0.4 is 5.32 Å². The summed E-state index contributed by atoms with van der Waals surface area (Å²) in [6.07, 6.45) is 2.37. The summed E-state index contributed by atoms with van der Waals surface area (Å²) in [5.74, 6) is 1.16. The van der Waals surface area contributed by atoms with Crippen LogP contribution in [0.2, 0.25) is 0 Å². The number of rotatable bonds is 4. The van der Waals surface area contributed by atoms with E-state index in [1.165, 1.54) is 11.3 Å². The van der Waals surface area contributed by atoms with Crippen molar-refractivity contribution in [2.45, 2.75) is 39.2 Å². The van der Waals surface area contributed by atoms with Crippen LogP contribution in [-0.4, -0.2) is 59.3 Å². The third-order valence-corrected chi connectivity index (χ3v) is 5.79. The predicted molar refractivity (Wildman–Crippen MR) is 95.2 cm³/mol. The summed E-state index contributed by atoms with van der Waals surface area (Å²) in [5, 5.41) is 5.55. The lowest BCUT2D eigenvalue weighted by molar-refractivity contribution is -0.141. The van der Waals surface area contributed by atoms with Crippen molar-refractivity contribution in [3.05, 3.63) is 11.1 Å². The Balaban J connectivity index is 1.68. The molecule has 6 nitrogen and oxygen atoms in total. The molecule has 2 fully saturated rings. The standard InChI is InChI=1S/C17H26N4O2S/c1-11(2)8-21-14-6-7-20(9-12(14)4-5-15(21)22)16(23)13-10-24-17(18-3)19-13/h10-12,14H,4-9H2,1-3H3,(H,18,19)/t12-,14+/m0/s1. The third-order valence-electron chi connectivity index (χ3n) is 4.93. The van der Waals surface area contributed by atoms with Crippen molar-refractivity contribution < 1.29 is 9.59 Å². The summed E-state index contributed by atoms with van der Waals surface area (Å²) < 4.78 is 0. The summed E-state index contributed by atoms with van der Waals surface area (Å²) in [6.45, 7) is 6.56. The first kappa shape index (κ1) is 17.2. The number of nitrogens with zero attached hydrogens (tertiary/aromatic N) is 3. The van der Waals surface area contributed by atoms with Crippen LogP contribution in [-0.2, 0) is 4.79 Å². The fourth-order valence-corrected chi connectivity index (χ4v) is 4.46. The number of fused-ring (bicyclic) bond motifs is 1. The Bertz CT molecular complexity index is 615. The van der Waals surface area contributed by atoms with E-state index in [-0.39, 0.29) is 11.8 Å². The molecule has 2 aliphatic heterocycles. The number of carbonyl (C=O) groups excluding carboxylic acids is 2. The van der Waals surface area contributed by atoms with Gasteiger partial charge >= 0.3 is 0 Å². The second-order valence-electron chi connectivity index (χ2n) is 7.13. The van der Waals surface area contributed by atoms with Gasteiger partial charge in [0.25, 0.3) is 5.91 Å². The molecule has 3 rings (SSSR count). The predicted octanol–water partition coefficient (Wildman–Crippen LogP) is 2.29. The van der Waals surface area contributed by atoms with Crippen LogP contribution in [0.4, 0.5) is 5.13 Å². The van der Waals surface area contributed by atoms with Crippen LogP contribution in [0.5, 0.6) is 0 Å². The van der Waals surface area contributed by atoms with E-state index in [1.54, 1.807) is 7.05 Å². The highest BCUT2D eigenvalue weighted by Gasteiger charge is 2.40. The maximum absolute atomic E-state index is 12.7. The Hall–Kier alpha value is -1.63. The lowest BCUT2D eigenvalue weighted by Crippen LogP contribution is -2.57. The molecular weight excluding hydrogens is 324 g/mol. The van der Waals surface area contributed by atoms with Gasteiger partial charge in [-0.05, 0) is 24.7 Å². The average molecular weight is 350 g/mol. The number of likely N-dealkylation sites (tertiary alicyclic amines) is 2. The first-order chi connectivity index (χ1) is 11.5. The zero-order chi connectivity index (χ0) is 17.3. The number of hydrogen-bond donors (Lipinski definition) is 1. The zero-order valence-electron chi connectivity index (χ0n) is 14.6. The largest absolute Gasteiger partial charge is 0.365 e. The second kappa shape index (κ2) is 7.09. The van der Waals surface area contributed by atoms with Crippen molar-refractivity contribution in [1.82, 2.24) is 14.8 Å². The van der Waals surface area contributed by atoms with Crippen LogP contribution in [0.1, 0.15) is 43.6 Å². The van der Waals surface area contributed by atoms with Gasteiger partial charge in [-0.1, -0.05) is 13.8 Å². The molecule has 1 aromatic rings. The van der Waals surface area contributed by atoms with Crippen molar-refractivity contribution in [3.8, 4) is 0 Å². The summed E-state index contributed by atoms with van der Waals surface area (Å²) in [4.78, 5) is 33.3. The first-order valence-electron chi connectivity index (χ1n) is 8.71. The molecule has 0 aliphatic carbocycles. The number of amides is 2. The van der Waals surface area contributed by atoms with Crippen molar-refractivity contribution in [3.63, 3.8) is 0 Å². The highest BCUT2D eigenvalue weighted by Crippen LogP contribution is 2.32. The monoisotopic (exact) mass is 350 g/mol. The van der Waals surface area contributed by atoms with Gasteiger partial charge in [-0.2, -0.15) is 0 Å². The highest BCUT2D eigenvalue weighted by molar-refractivity contribution is 7.13. The van der Waals surface area contributed by atoms with Crippen LogP contribution in [0.15, 0.2) is 5.38 Å². The molecule has 0 saturated carbocycles. The minimum Gasteiger partial charge on any atom is -0.365 e. The summed E-state index contributed by atoms with van der Waals surface area (Å²) in [7, 11) is 1.81. The summed E-state index contributed by atoms with van der Waals surface area (Å²) in [5.41, 5.74) is 0.522. The molecule has 2 aliphatic rings. The third kappa shape index (κ3) is 3.41. The van der Waals surface area contributed by atoms with E-state index in [0.29, 0.717) is 36.5 Å². The maximum atomic E-state index is 12.7. The Morgan fingerprint density at radius 2 is 2.25 bits per heavy atom. The minimum atomic E-state index is 0.0125. The van der Waals surface area contributed by atoms with Gasteiger partial charge in [0.15, 0.2) is 5.13 Å². The number of anilines is 1. The van der Waals surface area contributed by atoms with E-state index >= 15 is 0 Å². The van der Waals surface area contributed by atoms with Gasteiger partial charge in [-0.25, -0.2) is 4.98 Å². The normalized spacial score (nSPS) is 24.2. The van der Waals surface area contributed by atoms with E-state index in [9.17, 15) is 9.59 Å². The number of nitrogens with one attached hydrogen (secondary N) is 1. The Morgan fingerprint density at radius 1 is 1.46 bits per heavy atom. The molecule has 0 bridgehead atoms. The van der Waals surface area contributed by atoms with Gasteiger partial charge in [-0.15, -0.1) is 11.3 Å². The zero-order valence-corrected chi connectivity index (χ0v) is 15.4. The maximum Gasteiger partial charge on any atom is 0.273 e. The fourth-order valence-electron chi connectivity index (χ4n) is 3.82. The lowest BCUT2D eigenvalue weighted by atomic mass is 9.83. The number of hydrogen-bond acceptors (Lipinski definition) is 5. The van der Waals surface area contributed by atoms with Crippen molar-refractivity contribution in [2.24, 2.45) is 11.8 Å². The fraction of sp³-hybridized carbons (Fsp3) is 0.706. The van der Waals surface area contributed by atoms with Gasteiger partial charge in [0.05, 0.1) is 0 Å². The van der Waals surface area contributed by atoms with Gasteiger partial charge in [0.1, 0.15) is 5.69 Å². The van der Waals surface area contributed by atoms with E-state index in [1.807, 2.05) is 10.3 Å². The van der Waals surface area contributed by atoms with E-state index in [0.717, 1.165) is 31.1 Å². The van der Waals surface area contributed by atoms with Gasteiger partial charge < -0.3 is 15.1 Å². The number of piperidine rings is 2. The quantitative estimate of drug-likeness (QED) is 0.905. The van der Waals surface area contributed by atoms with E-state index in [2.05, 4.69) is 29.0 Å². The lowest BCUT2D eigenvalue weighted by Gasteiger charge is -2.47. The molecule has 7 heteroatoms. The Labute approximate surface area is 147 Å². The molecule has 0 radical (unpaired) electrons. The van der Waals surface area contributed by atoms with Crippen molar-refractivity contribution >= 4 is 28.3 Å². The molecule has 1 N–H and O–H groups in total. The summed E-state index contributed by atoms with van der Waals surface area (Å²) >= 11 is 1.45. The van der Waals surface area contributed by atoms with Crippen molar-refractivity contribution in [1.29, 1.82) is 0 Å². The van der Waals surface area contributed by atoms with Crippen molar-refractivity contribution in [2.75, 3.05) is 32.0 Å². The summed E-state index contributed by atoms with van der Waals surface area (Å²) in [6, 6.07) is 0.293. The number of thiazole rings is 1. The molecule has 132 valence electrons. The van der Waals surface area contributed by atoms with Gasteiger partial charge in [-0.3, -0.25) is 9.59 Å². The number of aromatic nitrogens is 1. The SMILES string of the molecule is CNc1nc(C(=O)N2CC[C@@H]3[C@@H](CCC(=O)N3CC(C)C)C2)cs1. The first-order valence-corrected chi connectivity index (χ1v) is 9.59. The van der Waals surface area contributed by atoms with Gasteiger partial charge in [0, 0.05) is 44.5 Å². The molecule has 1 aromatic heterocycles. The van der Waals surface area contributed by atoms with E-state index in [4.69, 9.17) is 0 Å². The molecule has 0 aromatic carbocycles. The Kier molecular flexibility index (Phi) is 5.08. The highest BCUT2D eigenvalue weighted by atomic mass is 32.1. The van der Waals surface area contributed by atoms with Crippen LogP contribution in [0.3, 0.4) is 0 Å². The van der Waals surface area contributed by atoms with Crippen LogP contribution in [0, 0.1) is 11.8 Å². The molecule has 2 amide bonds. The molecule has 0 unspecified atom stereocenters. The smallest absolute Gasteiger partial charge is 0.273 e. The second-order valence-corrected chi connectivity index (χ2v) is 7.99. The topological polar surface area (TPSA) is 65.5 Å². The van der Waals surface area contributed by atoms with E-state index < -0.39 is 0 Å². The minimum absolute atomic E-state index is 0.0125. The molecule has 0 spiro atoms. The number of carbonyl (C=O) groups is 2. The van der Waals surface area contributed by atoms with Gasteiger partial charge in [0.2, 0.25) is 5.91 Å². The molecule has 2 atom stereocenters. The molecule has 2 saturated heterocycles. The van der Waals surface area contributed by atoms with Crippen LogP contribution >= 0.6 is 11.3 Å². The average Bonchev–Trinajstić information content (AvgIpc) is 3.05. The molecule has 3 heterocycles. The molecule has 24 heavy (non-hydrogen) atoms. The van der Waals surface area contributed by atoms with Crippen LogP contribution in [0.25, 0.3) is 0 Å².